The van der Waals surface area contributed by atoms with Crippen LogP contribution in [0.3, 0.4) is 0 Å². The first-order valence-corrected chi connectivity index (χ1v) is 15.4. The summed E-state index contributed by atoms with van der Waals surface area (Å²) >= 11 is 0. The van der Waals surface area contributed by atoms with Gasteiger partial charge < -0.3 is 30.7 Å². The van der Waals surface area contributed by atoms with Crippen LogP contribution in [0, 0.1) is 0 Å². The molecule has 236 valence electrons. The van der Waals surface area contributed by atoms with Crippen molar-refractivity contribution in [1.82, 2.24) is 20.0 Å². The quantitative estimate of drug-likeness (QED) is 0.183. The van der Waals surface area contributed by atoms with E-state index in [9.17, 15) is 4.79 Å². The van der Waals surface area contributed by atoms with Gasteiger partial charge in [-0.2, -0.15) is 5.10 Å². The van der Waals surface area contributed by atoms with E-state index in [0.717, 1.165) is 76.5 Å². The van der Waals surface area contributed by atoms with Gasteiger partial charge in [-0.05, 0) is 81.0 Å². The number of benzene rings is 3. The smallest absolute Gasteiger partial charge is 0.265 e. The summed E-state index contributed by atoms with van der Waals surface area (Å²) in [5, 5.41) is 15.3. The molecule has 0 bridgehead atoms. The maximum Gasteiger partial charge on any atom is 0.265 e. The van der Waals surface area contributed by atoms with E-state index in [0.29, 0.717) is 12.6 Å². The zero-order valence-corrected chi connectivity index (χ0v) is 26.3. The zero-order chi connectivity index (χ0) is 31.6. The lowest BCUT2D eigenvalue weighted by molar-refractivity contribution is -0.118. The number of carbonyl (C=O) groups excluding carboxylic acids is 1. The van der Waals surface area contributed by atoms with Gasteiger partial charge in [-0.1, -0.05) is 13.0 Å². The number of H-pyrrole nitrogens is 1. The van der Waals surface area contributed by atoms with E-state index < -0.39 is 5.85 Å². The molecule has 11 nitrogen and oxygen atoms in total. The third-order valence-electron chi connectivity index (χ3n) is 8.83. The fraction of sp³-hybridized carbons (Fsp3) is 0.382. The van der Waals surface area contributed by atoms with E-state index in [1.54, 1.807) is 13.3 Å². The molecule has 1 aromatic heterocycles. The Kier molecular flexibility index (Phi) is 8.75. The maximum absolute atomic E-state index is 12.1. The predicted octanol–water partition coefficient (Wildman–Crippen LogP) is 4.60. The molecule has 1 fully saturated rings. The molecule has 3 aromatic carbocycles. The number of aliphatic imine (C=N–C) groups is 1. The Morgan fingerprint density at radius 3 is 2.78 bits per heavy atom. The molecule has 1 amide bonds. The Morgan fingerprint density at radius 2 is 2.00 bits per heavy atom. The lowest BCUT2D eigenvalue weighted by Gasteiger charge is -2.38. The van der Waals surface area contributed by atoms with Crippen molar-refractivity contribution < 1.29 is 14.3 Å². The number of ether oxygens (including phenoxy) is 2. The van der Waals surface area contributed by atoms with Gasteiger partial charge in [0.2, 0.25) is 5.91 Å². The number of nitrogens with one attached hydrogen (secondary N) is 3. The minimum atomic E-state index is -1.26. The molecule has 6 rings (SSSR count). The number of likely N-dealkylation sites (tertiary alicyclic amines) is 1. The van der Waals surface area contributed by atoms with Crippen LogP contribution in [0.5, 0.6) is 5.75 Å². The number of likely N-dealkylation sites (N-methyl/N-ethyl adjacent to an activating group) is 1. The van der Waals surface area contributed by atoms with Gasteiger partial charge >= 0.3 is 0 Å². The molecule has 2 aliphatic heterocycles. The van der Waals surface area contributed by atoms with E-state index in [4.69, 9.17) is 20.2 Å². The number of rotatable bonds is 12. The molecule has 11 heteroatoms. The molecule has 4 aromatic rings. The van der Waals surface area contributed by atoms with Crippen molar-refractivity contribution >= 4 is 40.1 Å². The van der Waals surface area contributed by atoms with Crippen LogP contribution in [0.25, 0.3) is 10.9 Å². The number of fused-ring (bicyclic) bond motifs is 2. The van der Waals surface area contributed by atoms with Gasteiger partial charge in [0.15, 0.2) is 0 Å². The van der Waals surface area contributed by atoms with Crippen molar-refractivity contribution in [2.75, 3.05) is 58.1 Å². The van der Waals surface area contributed by atoms with E-state index in [2.05, 4.69) is 50.8 Å². The lowest BCUT2D eigenvalue weighted by atomic mass is 9.89. The summed E-state index contributed by atoms with van der Waals surface area (Å²) in [5.41, 5.74) is 11.9. The van der Waals surface area contributed by atoms with E-state index >= 15 is 0 Å². The summed E-state index contributed by atoms with van der Waals surface area (Å²) < 4.78 is 12.4. The molecule has 2 unspecified atom stereocenters. The standard InChI is InChI=1S/C34H42N8O3/c1-22(15-33(35)43)29-9-6-26(38-25-7-10-31-24(16-25)20-37-40-31)17-30(29)34(45-14-13-42-12-11-27(21-42)41(2)3)36-19-23-5-8-28(44-4)18-32(23)39-34/h5-10,16-20,22,27,38-39H,11-15,21H2,1-4H3,(H2,35,43)(H,37,40)/t22?,27-,34?/m0/s1. The molecule has 5 N–H and O–H groups in total. The van der Waals surface area contributed by atoms with Crippen LogP contribution in [0.4, 0.5) is 17.1 Å². The number of nitrogens with two attached hydrogens (primary N) is 1. The monoisotopic (exact) mass is 610 g/mol. The second kappa shape index (κ2) is 12.9. The second-order valence-corrected chi connectivity index (χ2v) is 12.2. The Morgan fingerprint density at radius 1 is 1.18 bits per heavy atom. The van der Waals surface area contributed by atoms with Gasteiger partial charge in [0, 0.05) is 65.7 Å². The average molecular weight is 611 g/mol. The fourth-order valence-corrected chi connectivity index (χ4v) is 6.26. The van der Waals surface area contributed by atoms with Crippen LogP contribution < -0.4 is 21.1 Å². The molecular formula is C34H42N8O3. The Balaban J connectivity index is 1.38. The van der Waals surface area contributed by atoms with Crippen LogP contribution in [-0.4, -0.2) is 85.6 Å². The molecule has 45 heavy (non-hydrogen) atoms. The molecule has 0 saturated carbocycles. The number of primary amides is 1. The minimum Gasteiger partial charge on any atom is -0.497 e. The van der Waals surface area contributed by atoms with Gasteiger partial charge in [0.1, 0.15) is 5.75 Å². The number of hydrogen-bond acceptors (Lipinski definition) is 9. The number of methoxy groups -OCH3 is 1. The van der Waals surface area contributed by atoms with Crippen molar-refractivity contribution in [1.29, 1.82) is 0 Å². The van der Waals surface area contributed by atoms with Crippen LogP contribution in [0.1, 0.15) is 42.4 Å². The van der Waals surface area contributed by atoms with Crippen LogP contribution >= 0.6 is 0 Å². The Bertz CT molecular complexity index is 1700. The number of amides is 1. The van der Waals surface area contributed by atoms with Crippen molar-refractivity contribution in [2.24, 2.45) is 10.7 Å². The molecule has 1 saturated heterocycles. The first-order valence-electron chi connectivity index (χ1n) is 15.4. The van der Waals surface area contributed by atoms with Gasteiger partial charge in [-0.15, -0.1) is 0 Å². The van der Waals surface area contributed by atoms with Crippen molar-refractivity contribution in [2.45, 2.75) is 37.6 Å². The molecule has 0 spiro atoms. The van der Waals surface area contributed by atoms with Crippen molar-refractivity contribution in [3.05, 3.63) is 77.5 Å². The normalized spacial score (nSPS) is 20.2. The topological polar surface area (TPSA) is 133 Å². The number of carbonyl (C=O) groups is 1. The summed E-state index contributed by atoms with van der Waals surface area (Å²) in [6.45, 7) is 5.25. The van der Waals surface area contributed by atoms with Gasteiger partial charge in [0.25, 0.3) is 5.85 Å². The highest BCUT2D eigenvalue weighted by molar-refractivity contribution is 5.91. The summed E-state index contributed by atoms with van der Waals surface area (Å²) in [7, 11) is 5.92. The van der Waals surface area contributed by atoms with Crippen molar-refractivity contribution in [3.8, 4) is 5.75 Å². The van der Waals surface area contributed by atoms with Crippen LogP contribution in [0.15, 0.2) is 65.8 Å². The Labute approximate surface area is 263 Å². The van der Waals surface area contributed by atoms with E-state index in [-0.39, 0.29) is 18.2 Å². The Hall–Kier alpha value is -4.45. The first-order chi connectivity index (χ1) is 21.7. The SMILES string of the molecule is COc1ccc2c(c1)NC(OCCN1CC[C@H](N(C)C)C1)(c1cc(Nc3ccc4[nH]ncc4c3)ccc1C(C)CC(N)=O)N=C2. The third kappa shape index (κ3) is 6.65. The number of anilines is 3. The highest BCUT2D eigenvalue weighted by atomic mass is 16.5. The first kappa shape index (κ1) is 30.6. The number of hydrogen-bond donors (Lipinski definition) is 4. The molecule has 2 aliphatic rings. The fourth-order valence-electron chi connectivity index (χ4n) is 6.26. The second-order valence-electron chi connectivity index (χ2n) is 12.2. The zero-order valence-electron chi connectivity index (χ0n) is 26.3. The number of aromatic nitrogens is 2. The van der Waals surface area contributed by atoms with Crippen LogP contribution in [-0.2, 0) is 15.4 Å². The van der Waals surface area contributed by atoms with Crippen LogP contribution in [0.2, 0.25) is 0 Å². The third-order valence-corrected chi connectivity index (χ3v) is 8.83. The molecule has 0 aliphatic carbocycles. The summed E-state index contributed by atoms with van der Waals surface area (Å²) in [6, 6.07) is 18.5. The highest BCUT2D eigenvalue weighted by Crippen LogP contribution is 2.41. The van der Waals surface area contributed by atoms with Crippen molar-refractivity contribution in [3.63, 3.8) is 0 Å². The van der Waals surface area contributed by atoms with Gasteiger partial charge in [-0.3, -0.25) is 14.8 Å². The molecule has 3 heterocycles. The highest BCUT2D eigenvalue weighted by Gasteiger charge is 2.39. The lowest BCUT2D eigenvalue weighted by Crippen LogP contribution is -2.42. The van der Waals surface area contributed by atoms with E-state index in [1.165, 1.54) is 0 Å². The predicted molar refractivity (Wildman–Crippen MR) is 178 cm³/mol. The molecule has 0 radical (unpaired) electrons. The van der Waals surface area contributed by atoms with Gasteiger partial charge in [0.05, 0.1) is 31.1 Å². The number of aromatic amines is 1. The maximum atomic E-state index is 12.1. The van der Waals surface area contributed by atoms with Gasteiger partial charge in [-0.25, -0.2) is 4.99 Å². The minimum absolute atomic E-state index is 0.169. The van der Waals surface area contributed by atoms with E-state index in [1.807, 2.05) is 61.7 Å². The average Bonchev–Trinajstić information content (AvgIpc) is 3.70. The summed E-state index contributed by atoms with van der Waals surface area (Å²) in [4.78, 5) is 21.9. The summed E-state index contributed by atoms with van der Waals surface area (Å²) in [5.74, 6) is -1.06. The molecule has 3 atom stereocenters. The molecular weight excluding hydrogens is 568 g/mol. The number of nitrogens with zero attached hydrogens (tertiary/aromatic N) is 4. The summed E-state index contributed by atoms with van der Waals surface area (Å²) in [6.07, 6.45) is 4.98. The largest absolute Gasteiger partial charge is 0.497 e.